The Morgan fingerprint density at radius 1 is 1.40 bits per heavy atom. The Bertz CT molecular complexity index is 211. The van der Waals surface area contributed by atoms with Crippen molar-refractivity contribution in [1.82, 2.24) is 5.32 Å². The van der Waals surface area contributed by atoms with Crippen LogP contribution in [0.5, 0.6) is 0 Å². The number of hydrogen-bond acceptors (Lipinski definition) is 1. The van der Waals surface area contributed by atoms with Gasteiger partial charge in [-0.25, -0.2) is 0 Å². The van der Waals surface area contributed by atoms with E-state index < -0.39 is 0 Å². The summed E-state index contributed by atoms with van der Waals surface area (Å²) in [6.07, 6.45) is 5.43. The number of nitrogens with one attached hydrogen (secondary N) is 1. The molecule has 15 heavy (non-hydrogen) atoms. The summed E-state index contributed by atoms with van der Waals surface area (Å²) in [7, 11) is 0. The molecule has 1 saturated carbocycles. The molecule has 2 unspecified atom stereocenters. The Hall–Kier alpha value is -0.730. The van der Waals surface area contributed by atoms with E-state index in [0.717, 1.165) is 18.4 Å². The molecule has 2 atom stereocenters. The van der Waals surface area contributed by atoms with Crippen molar-refractivity contribution in [3.63, 3.8) is 0 Å². The van der Waals surface area contributed by atoms with Crippen molar-refractivity contribution in [3.05, 3.63) is 0 Å². The molecule has 0 aliphatic heterocycles. The Kier molecular flexibility index (Phi) is 4.92. The van der Waals surface area contributed by atoms with Crippen LogP contribution < -0.4 is 11.1 Å². The molecule has 1 aliphatic carbocycles. The fraction of sp³-hybridized carbons (Fsp3) is 0.917. The summed E-state index contributed by atoms with van der Waals surface area (Å²) in [6, 6.07) is 0.373. The van der Waals surface area contributed by atoms with Crippen molar-refractivity contribution in [2.24, 2.45) is 22.6 Å². The molecule has 0 heterocycles. The lowest BCUT2D eigenvalue weighted by atomic mass is 9.80. The number of guanidine groups is 1. The predicted octanol–water partition coefficient (Wildman–Crippen LogP) is 2.13. The van der Waals surface area contributed by atoms with Crippen LogP contribution in [0.2, 0.25) is 0 Å². The Labute approximate surface area is 93.5 Å². The first kappa shape index (κ1) is 12.3. The molecule has 0 spiro atoms. The number of hydrogen-bond donors (Lipinski definition) is 2. The molecule has 1 rings (SSSR count). The number of nitrogens with two attached hydrogens (primary N) is 1. The van der Waals surface area contributed by atoms with Gasteiger partial charge in [-0.3, -0.25) is 4.99 Å². The smallest absolute Gasteiger partial charge is 0.188 e. The summed E-state index contributed by atoms with van der Waals surface area (Å²) in [5, 5.41) is 3.12. The van der Waals surface area contributed by atoms with Crippen LogP contribution in [-0.2, 0) is 0 Å². The van der Waals surface area contributed by atoms with Gasteiger partial charge in [0.2, 0.25) is 0 Å². The van der Waals surface area contributed by atoms with E-state index in [0.29, 0.717) is 12.0 Å². The van der Waals surface area contributed by atoms with Gasteiger partial charge in [-0.05, 0) is 32.1 Å². The average molecular weight is 211 g/mol. The minimum Gasteiger partial charge on any atom is -0.370 e. The van der Waals surface area contributed by atoms with Crippen LogP contribution in [0.4, 0.5) is 0 Å². The lowest BCUT2D eigenvalue weighted by Crippen LogP contribution is -2.37. The normalized spacial score (nSPS) is 28.1. The third-order valence-corrected chi connectivity index (χ3v) is 3.22. The van der Waals surface area contributed by atoms with Gasteiger partial charge in [0.05, 0.1) is 0 Å². The minimum absolute atomic E-state index is 0.373. The van der Waals surface area contributed by atoms with E-state index in [4.69, 9.17) is 5.73 Å². The molecular formula is C12H25N3. The maximum Gasteiger partial charge on any atom is 0.188 e. The summed E-state index contributed by atoms with van der Waals surface area (Å²) in [6.45, 7) is 7.38. The van der Waals surface area contributed by atoms with Gasteiger partial charge in [-0.2, -0.15) is 0 Å². The molecule has 3 N–H and O–H groups in total. The minimum atomic E-state index is 0.373. The molecule has 0 amide bonds. The van der Waals surface area contributed by atoms with Gasteiger partial charge in [0, 0.05) is 12.6 Å². The van der Waals surface area contributed by atoms with Crippen LogP contribution in [0.15, 0.2) is 4.99 Å². The van der Waals surface area contributed by atoms with Crippen molar-refractivity contribution in [2.75, 3.05) is 6.54 Å². The zero-order chi connectivity index (χ0) is 11.3. The van der Waals surface area contributed by atoms with E-state index in [-0.39, 0.29) is 0 Å². The lowest BCUT2D eigenvalue weighted by molar-refractivity contribution is 0.263. The third kappa shape index (κ3) is 4.54. The highest BCUT2D eigenvalue weighted by molar-refractivity contribution is 5.78. The molecule has 0 aromatic heterocycles. The van der Waals surface area contributed by atoms with Gasteiger partial charge < -0.3 is 11.1 Å². The molecule has 0 bridgehead atoms. The van der Waals surface area contributed by atoms with Crippen LogP contribution in [-0.4, -0.2) is 18.5 Å². The predicted molar refractivity (Wildman–Crippen MR) is 65.9 cm³/mol. The third-order valence-electron chi connectivity index (χ3n) is 3.22. The van der Waals surface area contributed by atoms with Crippen LogP contribution in [0.3, 0.4) is 0 Å². The van der Waals surface area contributed by atoms with Crippen LogP contribution >= 0.6 is 0 Å². The molecule has 0 radical (unpaired) electrons. The van der Waals surface area contributed by atoms with E-state index in [1.807, 2.05) is 0 Å². The first-order chi connectivity index (χ1) is 7.09. The fourth-order valence-electron chi connectivity index (χ4n) is 2.22. The molecule has 1 aliphatic rings. The number of aliphatic imine (C=N–C) groups is 1. The summed E-state index contributed by atoms with van der Waals surface area (Å²) >= 11 is 0. The Balaban J connectivity index is 2.33. The number of rotatable bonds is 3. The fourth-order valence-corrected chi connectivity index (χ4v) is 2.22. The first-order valence-electron chi connectivity index (χ1n) is 6.16. The molecule has 3 heteroatoms. The standard InChI is InChI=1S/C12H25N3/c1-9(2)15-12(13)14-8-11-7-5-4-6-10(11)3/h9-11H,4-8H2,1-3H3,(H3,13,14,15). The topological polar surface area (TPSA) is 50.4 Å². The van der Waals surface area contributed by atoms with Gasteiger partial charge in [-0.15, -0.1) is 0 Å². The second-order valence-electron chi connectivity index (χ2n) is 5.05. The zero-order valence-corrected chi connectivity index (χ0v) is 10.3. The van der Waals surface area contributed by atoms with Crippen LogP contribution in [0, 0.1) is 11.8 Å². The average Bonchev–Trinajstić information content (AvgIpc) is 2.15. The van der Waals surface area contributed by atoms with E-state index in [1.165, 1.54) is 25.7 Å². The molecule has 3 nitrogen and oxygen atoms in total. The molecule has 88 valence electrons. The largest absolute Gasteiger partial charge is 0.370 e. The van der Waals surface area contributed by atoms with Gasteiger partial charge in [0.15, 0.2) is 5.96 Å². The van der Waals surface area contributed by atoms with E-state index in [1.54, 1.807) is 0 Å². The number of nitrogens with zero attached hydrogens (tertiary/aromatic N) is 1. The molecule has 1 fully saturated rings. The second-order valence-corrected chi connectivity index (χ2v) is 5.05. The molecule has 0 saturated heterocycles. The Morgan fingerprint density at radius 2 is 2.07 bits per heavy atom. The summed E-state index contributed by atoms with van der Waals surface area (Å²) in [5.41, 5.74) is 5.78. The maximum atomic E-state index is 5.78. The van der Waals surface area contributed by atoms with Crippen molar-refractivity contribution in [1.29, 1.82) is 0 Å². The van der Waals surface area contributed by atoms with Crippen molar-refractivity contribution < 1.29 is 0 Å². The summed E-state index contributed by atoms with van der Waals surface area (Å²) in [5.74, 6) is 2.16. The van der Waals surface area contributed by atoms with Gasteiger partial charge in [-0.1, -0.05) is 26.2 Å². The van der Waals surface area contributed by atoms with E-state index in [9.17, 15) is 0 Å². The molecule has 0 aromatic rings. The maximum absolute atomic E-state index is 5.78. The van der Waals surface area contributed by atoms with E-state index >= 15 is 0 Å². The summed E-state index contributed by atoms with van der Waals surface area (Å²) in [4.78, 5) is 4.42. The van der Waals surface area contributed by atoms with E-state index in [2.05, 4.69) is 31.1 Å². The highest BCUT2D eigenvalue weighted by atomic mass is 15.1. The Morgan fingerprint density at radius 3 is 2.67 bits per heavy atom. The zero-order valence-electron chi connectivity index (χ0n) is 10.3. The summed E-state index contributed by atoms with van der Waals surface area (Å²) < 4.78 is 0. The highest BCUT2D eigenvalue weighted by Crippen LogP contribution is 2.29. The second kappa shape index (κ2) is 5.99. The van der Waals surface area contributed by atoms with Gasteiger partial charge in [0.1, 0.15) is 0 Å². The SMILES string of the molecule is CC(C)NC(N)=NCC1CCCCC1C. The van der Waals surface area contributed by atoms with Gasteiger partial charge >= 0.3 is 0 Å². The van der Waals surface area contributed by atoms with Crippen LogP contribution in [0.25, 0.3) is 0 Å². The monoisotopic (exact) mass is 211 g/mol. The van der Waals surface area contributed by atoms with Gasteiger partial charge in [0.25, 0.3) is 0 Å². The first-order valence-corrected chi connectivity index (χ1v) is 6.16. The molecule has 0 aromatic carbocycles. The van der Waals surface area contributed by atoms with Crippen LogP contribution in [0.1, 0.15) is 46.5 Å². The lowest BCUT2D eigenvalue weighted by Gasteiger charge is -2.27. The highest BCUT2D eigenvalue weighted by Gasteiger charge is 2.20. The van der Waals surface area contributed by atoms with Crippen molar-refractivity contribution >= 4 is 5.96 Å². The van der Waals surface area contributed by atoms with Crippen molar-refractivity contribution in [3.8, 4) is 0 Å². The van der Waals surface area contributed by atoms with Crippen molar-refractivity contribution in [2.45, 2.75) is 52.5 Å². The molecular weight excluding hydrogens is 186 g/mol. The quantitative estimate of drug-likeness (QED) is 0.555.